The smallest absolute Gasteiger partial charge is 0.260 e. The number of anilines is 1. The number of aromatic nitrogens is 5. The Hall–Kier alpha value is -3.72. The monoisotopic (exact) mass is 463 g/mol. The summed E-state index contributed by atoms with van der Waals surface area (Å²) in [4.78, 5) is 25.4. The third-order valence-electron chi connectivity index (χ3n) is 5.60. The summed E-state index contributed by atoms with van der Waals surface area (Å²) in [7, 11) is 0. The number of carbonyl (C=O) groups is 1. The van der Waals surface area contributed by atoms with Gasteiger partial charge in [0.25, 0.3) is 5.91 Å². The van der Waals surface area contributed by atoms with Crippen LogP contribution in [0.3, 0.4) is 0 Å². The van der Waals surface area contributed by atoms with Gasteiger partial charge in [-0.15, -0.1) is 5.10 Å². The van der Waals surface area contributed by atoms with Crippen molar-refractivity contribution in [2.45, 2.75) is 6.92 Å². The molecule has 2 aromatic carbocycles. The van der Waals surface area contributed by atoms with E-state index in [9.17, 15) is 4.79 Å². The molecule has 9 nitrogen and oxygen atoms in total. The normalized spacial score (nSPS) is 14.0. The molecule has 2 aromatic heterocycles. The van der Waals surface area contributed by atoms with Crippen molar-refractivity contribution in [1.29, 1.82) is 0 Å². The van der Waals surface area contributed by atoms with E-state index in [1.165, 1.54) is 6.33 Å². The number of ether oxygens (including phenoxy) is 1. The predicted molar refractivity (Wildman–Crippen MR) is 125 cm³/mol. The van der Waals surface area contributed by atoms with E-state index < -0.39 is 0 Å². The number of hydrogen-bond acceptors (Lipinski definition) is 7. The van der Waals surface area contributed by atoms with Crippen molar-refractivity contribution >= 4 is 34.5 Å². The second-order valence-corrected chi connectivity index (χ2v) is 8.25. The molecule has 5 rings (SSSR count). The lowest BCUT2D eigenvalue weighted by Gasteiger charge is -2.35. The van der Waals surface area contributed by atoms with Gasteiger partial charge < -0.3 is 14.5 Å². The summed E-state index contributed by atoms with van der Waals surface area (Å²) in [5, 5.41) is 9.24. The van der Waals surface area contributed by atoms with E-state index >= 15 is 0 Å². The number of amides is 1. The molecule has 3 heterocycles. The first-order valence-electron chi connectivity index (χ1n) is 10.6. The summed E-state index contributed by atoms with van der Waals surface area (Å²) in [6.07, 6.45) is 1.51. The van der Waals surface area contributed by atoms with Gasteiger partial charge in [-0.3, -0.25) is 4.79 Å². The first-order valence-corrected chi connectivity index (χ1v) is 11.0. The van der Waals surface area contributed by atoms with Crippen molar-refractivity contribution in [2.24, 2.45) is 0 Å². The fourth-order valence-electron chi connectivity index (χ4n) is 3.76. The van der Waals surface area contributed by atoms with Gasteiger partial charge in [-0.05, 0) is 43.3 Å². The zero-order chi connectivity index (χ0) is 22.8. The highest BCUT2D eigenvalue weighted by Gasteiger charge is 2.25. The Morgan fingerprint density at radius 2 is 1.73 bits per heavy atom. The van der Waals surface area contributed by atoms with Crippen molar-refractivity contribution in [3.8, 4) is 11.4 Å². The van der Waals surface area contributed by atoms with Gasteiger partial charge in [0.05, 0.1) is 5.69 Å². The minimum Gasteiger partial charge on any atom is -0.484 e. The maximum Gasteiger partial charge on any atom is 0.260 e. The molecular weight excluding hydrogens is 442 g/mol. The van der Waals surface area contributed by atoms with E-state index in [1.54, 1.807) is 16.8 Å². The summed E-state index contributed by atoms with van der Waals surface area (Å²) >= 11 is 6.00. The molecule has 33 heavy (non-hydrogen) atoms. The second-order valence-electron chi connectivity index (χ2n) is 7.82. The Labute approximate surface area is 195 Å². The summed E-state index contributed by atoms with van der Waals surface area (Å²) in [5.74, 6) is 1.37. The molecule has 0 saturated carbocycles. The number of piperazine rings is 1. The van der Waals surface area contributed by atoms with Crippen molar-refractivity contribution in [3.05, 3.63) is 65.4 Å². The van der Waals surface area contributed by atoms with Gasteiger partial charge in [-0.2, -0.15) is 4.68 Å². The molecule has 1 saturated heterocycles. The van der Waals surface area contributed by atoms with E-state index in [0.717, 1.165) is 11.3 Å². The van der Waals surface area contributed by atoms with Gasteiger partial charge in [-0.25, -0.2) is 9.97 Å². The topological polar surface area (TPSA) is 89.3 Å². The quantitative estimate of drug-likeness (QED) is 0.449. The summed E-state index contributed by atoms with van der Waals surface area (Å²) in [6, 6.07) is 15.0. The Balaban J connectivity index is 1.25. The van der Waals surface area contributed by atoms with E-state index in [4.69, 9.17) is 16.3 Å². The molecule has 10 heteroatoms. The number of rotatable bonds is 5. The standard InChI is InChI=1S/C23H22ClN7O2/c1-16-2-8-19(9-3-16)33-14-20(32)29-10-12-30(13-11-29)22-21-23(26-15-25-22)31(28-27-21)18-6-4-17(24)5-7-18/h2-9,15H,10-14H2,1H3. The average molecular weight is 464 g/mol. The van der Waals surface area contributed by atoms with Crippen LogP contribution in [-0.4, -0.2) is 68.6 Å². The van der Waals surface area contributed by atoms with Crippen LogP contribution >= 0.6 is 11.6 Å². The second kappa shape index (κ2) is 9.03. The third-order valence-corrected chi connectivity index (χ3v) is 5.86. The van der Waals surface area contributed by atoms with Gasteiger partial charge in [0.2, 0.25) is 0 Å². The van der Waals surface area contributed by atoms with Crippen LogP contribution in [0, 0.1) is 6.92 Å². The Kier molecular flexibility index (Phi) is 5.78. The number of fused-ring (bicyclic) bond motifs is 1. The highest BCUT2D eigenvalue weighted by atomic mass is 35.5. The predicted octanol–water partition coefficient (Wildman–Crippen LogP) is 2.90. The molecule has 0 unspecified atom stereocenters. The van der Waals surface area contributed by atoms with Crippen molar-refractivity contribution < 1.29 is 9.53 Å². The largest absolute Gasteiger partial charge is 0.484 e. The summed E-state index contributed by atoms with van der Waals surface area (Å²) < 4.78 is 7.31. The molecule has 0 N–H and O–H groups in total. The number of nitrogens with zero attached hydrogens (tertiary/aromatic N) is 7. The van der Waals surface area contributed by atoms with Crippen LogP contribution in [-0.2, 0) is 4.79 Å². The highest BCUT2D eigenvalue weighted by molar-refractivity contribution is 6.30. The molecular formula is C23H22ClN7O2. The fraction of sp³-hybridized carbons (Fsp3) is 0.261. The van der Waals surface area contributed by atoms with Crippen LogP contribution in [0.15, 0.2) is 54.9 Å². The lowest BCUT2D eigenvalue weighted by Crippen LogP contribution is -2.50. The van der Waals surface area contributed by atoms with Crippen LogP contribution in [0.25, 0.3) is 16.9 Å². The van der Waals surface area contributed by atoms with Crippen LogP contribution in [0.5, 0.6) is 5.75 Å². The SMILES string of the molecule is Cc1ccc(OCC(=O)N2CCN(c3ncnc4c3nnn4-c3ccc(Cl)cc3)CC2)cc1. The highest BCUT2D eigenvalue weighted by Crippen LogP contribution is 2.24. The van der Waals surface area contributed by atoms with Gasteiger partial charge >= 0.3 is 0 Å². The van der Waals surface area contributed by atoms with Crippen LogP contribution in [0.2, 0.25) is 5.02 Å². The first kappa shape index (κ1) is 21.1. The number of hydrogen-bond donors (Lipinski definition) is 0. The van der Waals surface area contributed by atoms with E-state index in [0.29, 0.717) is 53.9 Å². The minimum atomic E-state index is -0.0308. The third kappa shape index (κ3) is 4.45. The maximum absolute atomic E-state index is 12.6. The Morgan fingerprint density at radius 1 is 1.00 bits per heavy atom. The molecule has 168 valence electrons. The number of carbonyl (C=O) groups excluding carboxylic acids is 1. The van der Waals surface area contributed by atoms with Gasteiger partial charge in [0.15, 0.2) is 23.6 Å². The van der Waals surface area contributed by atoms with E-state index in [1.807, 2.05) is 48.2 Å². The van der Waals surface area contributed by atoms with Gasteiger partial charge in [-0.1, -0.05) is 34.5 Å². The van der Waals surface area contributed by atoms with Gasteiger partial charge in [0, 0.05) is 31.2 Å². The minimum absolute atomic E-state index is 0.0240. The maximum atomic E-state index is 12.6. The van der Waals surface area contributed by atoms with Crippen LogP contribution in [0.4, 0.5) is 5.82 Å². The number of aryl methyl sites for hydroxylation is 1. The summed E-state index contributed by atoms with van der Waals surface area (Å²) in [6.45, 7) is 4.46. The zero-order valence-corrected chi connectivity index (χ0v) is 18.8. The van der Waals surface area contributed by atoms with Crippen molar-refractivity contribution in [2.75, 3.05) is 37.7 Å². The fourth-order valence-corrected chi connectivity index (χ4v) is 3.89. The zero-order valence-electron chi connectivity index (χ0n) is 18.1. The average Bonchev–Trinajstić information content (AvgIpc) is 3.28. The molecule has 1 fully saturated rings. The van der Waals surface area contributed by atoms with E-state index in [-0.39, 0.29) is 12.5 Å². The molecule has 1 aliphatic rings. The lowest BCUT2D eigenvalue weighted by atomic mass is 10.2. The van der Waals surface area contributed by atoms with E-state index in [2.05, 4.69) is 25.2 Å². The molecule has 0 spiro atoms. The van der Waals surface area contributed by atoms with Crippen LogP contribution < -0.4 is 9.64 Å². The lowest BCUT2D eigenvalue weighted by molar-refractivity contribution is -0.133. The van der Waals surface area contributed by atoms with Crippen LogP contribution in [0.1, 0.15) is 5.56 Å². The molecule has 0 atom stereocenters. The Morgan fingerprint density at radius 3 is 2.45 bits per heavy atom. The molecule has 1 aliphatic heterocycles. The first-order chi connectivity index (χ1) is 16.1. The summed E-state index contributed by atoms with van der Waals surface area (Å²) in [5.41, 5.74) is 3.20. The number of benzene rings is 2. The van der Waals surface area contributed by atoms with Gasteiger partial charge in [0.1, 0.15) is 12.1 Å². The molecule has 1 amide bonds. The van der Waals surface area contributed by atoms with Crippen molar-refractivity contribution in [1.82, 2.24) is 29.9 Å². The number of halogens is 1. The molecule has 0 aliphatic carbocycles. The molecule has 0 radical (unpaired) electrons. The molecule has 0 bridgehead atoms. The van der Waals surface area contributed by atoms with Crippen molar-refractivity contribution in [3.63, 3.8) is 0 Å². The molecule has 4 aromatic rings. The Bertz CT molecular complexity index is 1270.